The number of carbonyl (C=O) groups excluding carboxylic acids is 1. The van der Waals surface area contributed by atoms with Crippen LogP contribution in [-0.4, -0.2) is 46.6 Å². The van der Waals surface area contributed by atoms with Gasteiger partial charge in [0, 0.05) is 31.8 Å². The van der Waals surface area contributed by atoms with E-state index in [0.717, 1.165) is 5.56 Å². The van der Waals surface area contributed by atoms with Gasteiger partial charge < -0.3 is 15.2 Å². The van der Waals surface area contributed by atoms with Crippen molar-refractivity contribution in [3.05, 3.63) is 48.2 Å². The minimum absolute atomic E-state index is 0.0105. The number of rotatable bonds is 10. The number of benzene rings is 1. The maximum atomic E-state index is 12.2. The Kier molecular flexibility index (Phi) is 7.63. The summed E-state index contributed by atoms with van der Waals surface area (Å²) in [4.78, 5) is 23.1. The van der Waals surface area contributed by atoms with E-state index in [1.54, 1.807) is 24.1 Å². The lowest BCUT2D eigenvalue weighted by Gasteiger charge is -2.18. The minimum Gasteiger partial charge on any atom is -0.481 e. The van der Waals surface area contributed by atoms with Crippen molar-refractivity contribution in [2.24, 2.45) is 0 Å². The average Bonchev–Trinajstić information content (AvgIpc) is 3.06. The molecule has 0 spiro atoms. The van der Waals surface area contributed by atoms with E-state index in [4.69, 9.17) is 9.84 Å². The van der Waals surface area contributed by atoms with Gasteiger partial charge in [-0.1, -0.05) is 30.3 Å². The highest BCUT2D eigenvalue weighted by molar-refractivity contribution is 5.88. The minimum atomic E-state index is -0.887. The summed E-state index contributed by atoms with van der Waals surface area (Å²) in [6.07, 6.45) is 2.65. The molecule has 0 bridgehead atoms. The van der Waals surface area contributed by atoms with Gasteiger partial charge in [-0.15, -0.1) is 0 Å². The van der Waals surface area contributed by atoms with Crippen molar-refractivity contribution in [2.75, 3.05) is 19.0 Å². The number of nitrogens with one attached hydrogen (secondary N) is 2. The van der Waals surface area contributed by atoms with E-state index in [1.165, 1.54) is 0 Å². The van der Waals surface area contributed by atoms with Gasteiger partial charge >= 0.3 is 12.0 Å². The summed E-state index contributed by atoms with van der Waals surface area (Å²) in [6.45, 7) is 1.12. The van der Waals surface area contributed by atoms with Crippen LogP contribution in [-0.2, 0) is 22.5 Å². The monoisotopic (exact) mass is 360 g/mol. The maximum absolute atomic E-state index is 12.2. The van der Waals surface area contributed by atoms with Crippen molar-refractivity contribution in [3.63, 3.8) is 0 Å². The van der Waals surface area contributed by atoms with Gasteiger partial charge in [0.15, 0.2) is 5.82 Å². The van der Waals surface area contributed by atoms with Crippen LogP contribution in [0, 0.1) is 0 Å². The molecule has 1 heterocycles. The van der Waals surface area contributed by atoms with Crippen LogP contribution in [0.3, 0.4) is 0 Å². The summed E-state index contributed by atoms with van der Waals surface area (Å²) in [7, 11) is 1.61. The lowest BCUT2D eigenvalue weighted by atomic mass is 10.0. The Bertz CT molecular complexity index is 702. The lowest BCUT2D eigenvalue weighted by molar-refractivity contribution is -0.137. The standard InChI is InChI=1S/C18H24N4O4/c1-26-12-11-22-10-9-16(21-22)20-18(25)19-15(7-8-17(23)24)13-14-5-3-2-4-6-14/h2-6,9-10,15H,7-8,11-13H2,1H3,(H,23,24)(H2,19,20,21,25). The van der Waals surface area contributed by atoms with Crippen LogP contribution < -0.4 is 10.6 Å². The molecule has 0 aliphatic rings. The highest BCUT2D eigenvalue weighted by Gasteiger charge is 2.15. The quantitative estimate of drug-likeness (QED) is 0.602. The summed E-state index contributed by atoms with van der Waals surface area (Å²) in [5, 5.41) is 18.7. The van der Waals surface area contributed by atoms with Crippen molar-refractivity contribution in [1.29, 1.82) is 0 Å². The maximum Gasteiger partial charge on any atom is 0.320 e. The molecule has 1 atom stereocenters. The molecule has 140 valence electrons. The smallest absolute Gasteiger partial charge is 0.320 e. The number of hydrogen-bond acceptors (Lipinski definition) is 4. The molecule has 0 saturated heterocycles. The van der Waals surface area contributed by atoms with E-state index in [2.05, 4.69) is 15.7 Å². The van der Waals surface area contributed by atoms with Gasteiger partial charge in [0.25, 0.3) is 0 Å². The Morgan fingerprint density at radius 1 is 1.27 bits per heavy atom. The van der Waals surface area contributed by atoms with Crippen molar-refractivity contribution in [3.8, 4) is 0 Å². The zero-order valence-corrected chi connectivity index (χ0v) is 14.7. The zero-order valence-electron chi connectivity index (χ0n) is 14.7. The largest absolute Gasteiger partial charge is 0.481 e. The molecule has 8 nitrogen and oxygen atoms in total. The van der Waals surface area contributed by atoms with E-state index >= 15 is 0 Å². The Balaban J connectivity index is 1.91. The summed E-state index contributed by atoms with van der Waals surface area (Å²) < 4.78 is 6.65. The predicted molar refractivity (Wildman–Crippen MR) is 97.1 cm³/mol. The van der Waals surface area contributed by atoms with E-state index < -0.39 is 12.0 Å². The first-order chi connectivity index (χ1) is 12.6. The predicted octanol–water partition coefficient (Wildman–Crippen LogP) is 2.13. The molecule has 0 aliphatic carbocycles. The molecule has 0 saturated carbocycles. The number of ether oxygens (including phenoxy) is 1. The molecule has 26 heavy (non-hydrogen) atoms. The van der Waals surface area contributed by atoms with Crippen LogP contribution in [0.5, 0.6) is 0 Å². The Morgan fingerprint density at radius 3 is 2.73 bits per heavy atom. The number of carboxylic acids is 1. The van der Waals surface area contributed by atoms with E-state index in [1.807, 2.05) is 30.3 Å². The van der Waals surface area contributed by atoms with Crippen molar-refractivity contribution in [1.82, 2.24) is 15.1 Å². The number of carboxylic acid groups (broad SMARTS) is 1. The average molecular weight is 360 g/mol. The summed E-state index contributed by atoms with van der Waals surface area (Å²) in [5.74, 6) is -0.461. The SMILES string of the molecule is COCCn1ccc(NC(=O)NC(CCC(=O)O)Cc2ccccc2)n1. The van der Waals surface area contributed by atoms with Crippen LogP contribution in [0.2, 0.25) is 0 Å². The Labute approximate surface area is 152 Å². The molecule has 0 radical (unpaired) electrons. The molecular formula is C18H24N4O4. The van der Waals surface area contributed by atoms with Crippen LogP contribution >= 0.6 is 0 Å². The second-order valence-electron chi connectivity index (χ2n) is 5.87. The van der Waals surface area contributed by atoms with Gasteiger partial charge in [0.05, 0.1) is 13.2 Å². The second-order valence-corrected chi connectivity index (χ2v) is 5.87. The van der Waals surface area contributed by atoms with Gasteiger partial charge in [0.2, 0.25) is 0 Å². The number of methoxy groups -OCH3 is 1. The highest BCUT2D eigenvalue weighted by atomic mass is 16.5. The Morgan fingerprint density at radius 2 is 2.04 bits per heavy atom. The molecule has 3 N–H and O–H groups in total. The van der Waals surface area contributed by atoms with Crippen LogP contribution in [0.1, 0.15) is 18.4 Å². The van der Waals surface area contributed by atoms with Gasteiger partial charge in [-0.2, -0.15) is 5.10 Å². The van der Waals surface area contributed by atoms with Gasteiger partial charge in [-0.25, -0.2) is 4.79 Å². The van der Waals surface area contributed by atoms with Crippen molar-refractivity contribution in [2.45, 2.75) is 31.8 Å². The first-order valence-corrected chi connectivity index (χ1v) is 8.42. The summed E-state index contributed by atoms with van der Waals surface area (Å²) >= 11 is 0. The van der Waals surface area contributed by atoms with E-state index in [-0.39, 0.29) is 12.5 Å². The fourth-order valence-corrected chi connectivity index (χ4v) is 2.50. The van der Waals surface area contributed by atoms with E-state index in [0.29, 0.717) is 31.8 Å². The van der Waals surface area contributed by atoms with Gasteiger partial charge in [0.1, 0.15) is 0 Å². The first-order valence-electron chi connectivity index (χ1n) is 8.42. The summed E-state index contributed by atoms with van der Waals surface area (Å²) in [5.41, 5.74) is 1.03. The molecular weight excluding hydrogens is 336 g/mol. The number of hydrogen-bond donors (Lipinski definition) is 3. The van der Waals surface area contributed by atoms with E-state index in [9.17, 15) is 9.59 Å². The molecule has 2 rings (SSSR count). The third-order valence-corrected chi connectivity index (χ3v) is 3.77. The van der Waals surface area contributed by atoms with Gasteiger partial charge in [-0.3, -0.25) is 14.8 Å². The lowest BCUT2D eigenvalue weighted by Crippen LogP contribution is -2.39. The highest BCUT2D eigenvalue weighted by Crippen LogP contribution is 2.09. The third kappa shape index (κ3) is 6.94. The number of amides is 2. The van der Waals surface area contributed by atoms with Crippen LogP contribution in [0.4, 0.5) is 10.6 Å². The summed E-state index contributed by atoms with van der Waals surface area (Å²) in [6, 6.07) is 10.6. The fraction of sp³-hybridized carbons (Fsp3) is 0.389. The number of carbonyl (C=O) groups is 2. The number of nitrogens with zero attached hydrogens (tertiary/aromatic N) is 2. The molecule has 1 unspecified atom stereocenters. The fourth-order valence-electron chi connectivity index (χ4n) is 2.50. The topological polar surface area (TPSA) is 105 Å². The molecule has 0 aliphatic heterocycles. The van der Waals surface area contributed by atoms with Gasteiger partial charge in [-0.05, 0) is 18.4 Å². The number of anilines is 1. The molecule has 1 aromatic heterocycles. The van der Waals surface area contributed by atoms with Crippen LogP contribution in [0.15, 0.2) is 42.6 Å². The van der Waals surface area contributed by atoms with Crippen molar-refractivity contribution < 1.29 is 19.4 Å². The van der Waals surface area contributed by atoms with Crippen molar-refractivity contribution >= 4 is 17.8 Å². The third-order valence-electron chi connectivity index (χ3n) is 3.77. The first kappa shape index (κ1) is 19.5. The second kappa shape index (κ2) is 10.2. The zero-order chi connectivity index (χ0) is 18.8. The molecule has 2 aromatic rings. The Hall–Kier alpha value is -2.87. The molecule has 2 amide bonds. The number of aliphatic carboxylic acids is 1. The molecule has 0 fully saturated rings. The molecule has 8 heteroatoms. The van der Waals surface area contributed by atoms with Crippen LogP contribution in [0.25, 0.3) is 0 Å². The molecule has 1 aromatic carbocycles. The normalized spacial score (nSPS) is 11.7. The number of urea groups is 1. The number of aromatic nitrogens is 2.